The Balaban J connectivity index is 3.06. The lowest BCUT2D eigenvalue weighted by Crippen LogP contribution is -2.02. The first-order valence-corrected chi connectivity index (χ1v) is 14.8. The highest BCUT2D eigenvalue weighted by Crippen LogP contribution is 2.17. The molecule has 0 rings (SSSR count). The molecule has 0 fully saturated rings. The minimum absolute atomic E-state index is 0.862. The second-order valence-electron chi connectivity index (χ2n) is 7.83. The molecule has 0 bridgehead atoms. The molecule has 0 amide bonds. The van der Waals surface area contributed by atoms with Gasteiger partial charge in [0.1, 0.15) is 8.11 Å². The average molecular weight is 375 g/mol. The van der Waals surface area contributed by atoms with Crippen molar-refractivity contribution < 1.29 is 0 Å². The Morgan fingerprint density at radius 2 is 0.667 bits per heavy atom. The van der Waals surface area contributed by atoms with Crippen molar-refractivity contribution in [2.45, 2.75) is 142 Å². The highest BCUT2D eigenvalue weighted by Gasteiger charge is 2.06. The fraction of sp³-hybridized carbons (Fsp3) is 1.00. The molecule has 1 atom stereocenters. The van der Waals surface area contributed by atoms with Gasteiger partial charge in [-0.2, -0.15) is 11.1 Å². The van der Waals surface area contributed by atoms with Gasteiger partial charge >= 0.3 is 0 Å². The maximum absolute atomic E-state index is 6.55. The first kappa shape index (κ1) is 24.5. The number of halogens is 1. The number of hydrogen-bond donors (Lipinski definition) is 0. The number of hydrogen-bond acceptors (Lipinski definition) is 0. The van der Waals surface area contributed by atoms with Crippen molar-refractivity contribution in [2.24, 2.45) is 0 Å². The third kappa shape index (κ3) is 20.6. The predicted molar refractivity (Wildman–Crippen MR) is 117 cm³/mol. The average Bonchev–Trinajstić information content (AvgIpc) is 2.59. The topological polar surface area (TPSA) is 0 Å². The van der Waals surface area contributed by atoms with Gasteiger partial charge in [-0.25, -0.2) is 0 Å². The Hall–Kier alpha value is 0.507. The molecule has 0 heterocycles. The molecule has 0 N–H and O–H groups in total. The lowest BCUT2D eigenvalue weighted by atomic mass is 10.0. The minimum Gasteiger partial charge on any atom is -0.172 e. The van der Waals surface area contributed by atoms with Gasteiger partial charge in [-0.1, -0.05) is 129 Å². The smallest absolute Gasteiger partial charge is 0.141 e. The van der Waals surface area contributed by atoms with E-state index in [1.807, 2.05) is 0 Å². The molecule has 0 aliphatic carbocycles. The molecule has 2 heteroatoms. The van der Waals surface area contributed by atoms with Crippen LogP contribution >= 0.6 is 11.1 Å². The Morgan fingerprint density at radius 3 is 1.00 bits per heavy atom. The number of rotatable bonds is 20. The van der Waals surface area contributed by atoms with Crippen LogP contribution in [0, 0.1) is 0 Å². The van der Waals surface area contributed by atoms with Crippen LogP contribution < -0.4 is 0 Å². The molecule has 0 saturated heterocycles. The molecule has 0 aliphatic heterocycles. The van der Waals surface area contributed by atoms with Crippen LogP contribution in [0.4, 0.5) is 0 Å². The zero-order valence-corrected chi connectivity index (χ0v) is 19.0. The molecule has 0 aromatic rings. The largest absolute Gasteiger partial charge is 0.172 e. The van der Waals surface area contributed by atoms with Crippen molar-refractivity contribution >= 4 is 19.2 Å². The Kier molecular flexibility index (Phi) is 22.0. The quantitative estimate of drug-likeness (QED) is 0.113. The van der Waals surface area contributed by atoms with Gasteiger partial charge in [0, 0.05) is 0 Å². The van der Waals surface area contributed by atoms with E-state index in [1.165, 1.54) is 128 Å². The summed E-state index contributed by atoms with van der Waals surface area (Å²) in [5.74, 6) is 0. The molecule has 0 aromatic heterocycles. The van der Waals surface area contributed by atoms with Crippen LogP contribution in [0.2, 0.25) is 12.1 Å². The summed E-state index contributed by atoms with van der Waals surface area (Å²) in [4.78, 5) is 0. The van der Waals surface area contributed by atoms with E-state index < -0.39 is 8.11 Å². The van der Waals surface area contributed by atoms with E-state index in [4.69, 9.17) is 11.1 Å². The van der Waals surface area contributed by atoms with Crippen molar-refractivity contribution in [2.75, 3.05) is 0 Å². The fourth-order valence-electron chi connectivity index (χ4n) is 3.50. The third-order valence-electron chi connectivity index (χ3n) is 5.24. The molecule has 0 radical (unpaired) electrons. The maximum Gasteiger partial charge on any atom is 0.141 e. The van der Waals surface area contributed by atoms with Crippen molar-refractivity contribution in [3.8, 4) is 0 Å². The van der Waals surface area contributed by atoms with Crippen LogP contribution in [0.1, 0.15) is 129 Å². The molecule has 0 spiro atoms. The van der Waals surface area contributed by atoms with Crippen molar-refractivity contribution in [3.63, 3.8) is 0 Å². The SMILES string of the molecule is CCCCCCCCCCCCCCCC[SiH](Cl)CCCCCC. The summed E-state index contributed by atoms with van der Waals surface area (Å²) in [6, 6.07) is 2.76. The third-order valence-corrected chi connectivity index (χ3v) is 8.62. The molecule has 146 valence electrons. The summed E-state index contributed by atoms with van der Waals surface area (Å²) in [6.07, 6.45) is 25.9. The van der Waals surface area contributed by atoms with Crippen LogP contribution in [-0.4, -0.2) is 8.11 Å². The van der Waals surface area contributed by atoms with Gasteiger partial charge in [0.2, 0.25) is 0 Å². The Morgan fingerprint density at radius 1 is 0.417 bits per heavy atom. The minimum atomic E-state index is -0.862. The van der Waals surface area contributed by atoms with Crippen molar-refractivity contribution in [1.82, 2.24) is 0 Å². The van der Waals surface area contributed by atoms with Gasteiger partial charge in [0.25, 0.3) is 0 Å². The normalized spacial score (nSPS) is 12.6. The van der Waals surface area contributed by atoms with E-state index in [0.29, 0.717) is 0 Å². The van der Waals surface area contributed by atoms with Crippen LogP contribution in [0.15, 0.2) is 0 Å². The van der Waals surface area contributed by atoms with Gasteiger partial charge in [0.15, 0.2) is 0 Å². The van der Waals surface area contributed by atoms with Gasteiger partial charge in [-0.3, -0.25) is 0 Å². The van der Waals surface area contributed by atoms with Crippen LogP contribution in [-0.2, 0) is 0 Å². The van der Waals surface area contributed by atoms with Crippen molar-refractivity contribution in [3.05, 3.63) is 0 Å². The Bertz CT molecular complexity index is 220. The molecule has 0 saturated carbocycles. The molecule has 0 aromatic carbocycles. The van der Waals surface area contributed by atoms with Gasteiger partial charge < -0.3 is 0 Å². The van der Waals surface area contributed by atoms with Crippen LogP contribution in [0.25, 0.3) is 0 Å². The highest BCUT2D eigenvalue weighted by atomic mass is 35.6. The lowest BCUT2D eigenvalue weighted by molar-refractivity contribution is 0.538. The zero-order valence-electron chi connectivity index (χ0n) is 17.1. The second-order valence-corrected chi connectivity index (χ2v) is 12.0. The molecular weight excluding hydrogens is 328 g/mol. The molecule has 24 heavy (non-hydrogen) atoms. The monoisotopic (exact) mass is 374 g/mol. The van der Waals surface area contributed by atoms with Gasteiger partial charge in [0.05, 0.1) is 0 Å². The van der Waals surface area contributed by atoms with E-state index in [0.717, 1.165) is 0 Å². The number of unbranched alkanes of at least 4 members (excludes halogenated alkanes) is 16. The second kappa shape index (κ2) is 21.5. The van der Waals surface area contributed by atoms with E-state index in [9.17, 15) is 0 Å². The summed E-state index contributed by atoms with van der Waals surface area (Å²) in [6.45, 7) is 4.58. The van der Waals surface area contributed by atoms with E-state index in [2.05, 4.69) is 13.8 Å². The summed E-state index contributed by atoms with van der Waals surface area (Å²) >= 11 is 6.55. The summed E-state index contributed by atoms with van der Waals surface area (Å²) in [5.41, 5.74) is 0. The van der Waals surface area contributed by atoms with Crippen LogP contribution in [0.3, 0.4) is 0 Å². The van der Waals surface area contributed by atoms with E-state index in [-0.39, 0.29) is 0 Å². The zero-order chi connectivity index (χ0) is 17.7. The van der Waals surface area contributed by atoms with E-state index in [1.54, 1.807) is 0 Å². The summed E-state index contributed by atoms with van der Waals surface area (Å²) < 4.78 is 0. The predicted octanol–water partition coefficient (Wildman–Crippen LogP) is 9.01. The first-order chi connectivity index (χ1) is 11.8. The standard InChI is InChI=1S/C22H47ClSi/c1-3-5-7-9-10-11-12-13-14-15-16-17-18-20-22-24(23)21-19-8-6-4-2/h24H,3-22H2,1-2H3. The van der Waals surface area contributed by atoms with Crippen LogP contribution in [0.5, 0.6) is 0 Å². The molecule has 0 aliphatic rings. The maximum atomic E-state index is 6.55. The van der Waals surface area contributed by atoms with E-state index >= 15 is 0 Å². The van der Waals surface area contributed by atoms with Gasteiger partial charge in [-0.15, -0.1) is 0 Å². The first-order valence-electron chi connectivity index (χ1n) is 11.4. The fourth-order valence-corrected chi connectivity index (χ4v) is 6.18. The Labute approximate surface area is 160 Å². The lowest BCUT2D eigenvalue weighted by Gasteiger charge is -2.07. The van der Waals surface area contributed by atoms with Gasteiger partial charge in [-0.05, 0) is 12.1 Å². The molecule has 0 nitrogen and oxygen atoms in total. The highest BCUT2D eigenvalue weighted by molar-refractivity contribution is 7.06. The molecule has 1 unspecified atom stereocenters. The molecular formula is C22H47ClSi. The van der Waals surface area contributed by atoms with Crippen molar-refractivity contribution in [1.29, 1.82) is 0 Å². The summed E-state index contributed by atoms with van der Waals surface area (Å²) in [7, 11) is -0.862. The summed E-state index contributed by atoms with van der Waals surface area (Å²) in [5, 5.41) is 0.